The van der Waals surface area contributed by atoms with Crippen LogP contribution in [0.25, 0.3) is 0 Å². The second-order valence-corrected chi connectivity index (χ2v) is 9.52. The summed E-state index contributed by atoms with van der Waals surface area (Å²) in [6.45, 7) is 0.623. The van der Waals surface area contributed by atoms with Gasteiger partial charge in [0.15, 0.2) is 0 Å². The molecule has 5 aliphatic carbocycles. The van der Waals surface area contributed by atoms with E-state index in [1.54, 1.807) is 4.90 Å². The van der Waals surface area contributed by atoms with Gasteiger partial charge in [-0.3, -0.25) is 9.59 Å². The third kappa shape index (κ3) is 1.96. The number of likely N-dealkylation sites (tertiary alicyclic amines) is 1. The Bertz CT molecular complexity index is 607. The van der Waals surface area contributed by atoms with Crippen LogP contribution < -0.4 is 11.5 Å². The predicted molar refractivity (Wildman–Crippen MR) is 86.3 cm³/mol. The van der Waals surface area contributed by atoms with Gasteiger partial charge in [-0.05, 0) is 74.0 Å². The molecular weight excluding hydrogens is 306 g/mol. The van der Waals surface area contributed by atoms with E-state index < -0.39 is 23.6 Å². The van der Waals surface area contributed by atoms with Crippen molar-refractivity contribution in [2.24, 2.45) is 40.6 Å². The normalized spacial score (nSPS) is 52.2. The summed E-state index contributed by atoms with van der Waals surface area (Å²) < 4.78 is 0. The van der Waals surface area contributed by atoms with Crippen LogP contribution in [0.1, 0.15) is 44.9 Å². The monoisotopic (exact) mass is 333 g/mol. The average Bonchev–Trinajstić information content (AvgIpc) is 3.12. The Hall–Kier alpha value is -1.14. The zero-order valence-corrected chi connectivity index (χ0v) is 14.0. The van der Waals surface area contributed by atoms with E-state index in [9.17, 15) is 14.7 Å². The number of rotatable bonds is 3. The zero-order chi connectivity index (χ0) is 16.9. The quantitative estimate of drug-likeness (QED) is 0.674. The van der Waals surface area contributed by atoms with Gasteiger partial charge in [-0.2, -0.15) is 0 Å². The molecule has 0 spiro atoms. The number of carbonyl (C=O) groups is 2. The Morgan fingerprint density at radius 1 is 1.12 bits per heavy atom. The number of hydrogen-bond acceptors (Lipinski definition) is 4. The van der Waals surface area contributed by atoms with E-state index >= 15 is 0 Å². The first-order valence-electron chi connectivity index (χ1n) is 9.38. The summed E-state index contributed by atoms with van der Waals surface area (Å²) in [4.78, 5) is 26.6. The molecule has 6 rings (SSSR count). The molecule has 0 aromatic carbocycles. The molecule has 132 valence electrons. The highest BCUT2D eigenvalue weighted by Crippen LogP contribution is 2.63. The molecule has 0 aromatic heterocycles. The molecule has 6 atom stereocenters. The second kappa shape index (κ2) is 4.52. The van der Waals surface area contributed by atoms with Gasteiger partial charge in [0.2, 0.25) is 11.8 Å². The molecule has 6 heteroatoms. The Morgan fingerprint density at radius 3 is 2.38 bits per heavy atom. The fraction of sp³-hybridized carbons (Fsp3) is 0.889. The van der Waals surface area contributed by atoms with Crippen molar-refractivity contribution in [2.45, 2.75) is 62.6 Å². The Balaban J connectivity index is 1.41. The van der Waals surface area contributed by atoms with Crippen LogP contribution in [0.15, 0.2) is 0 Å². The van der Waals surface area contributed by atoms with Crippen molar-refractivity contribution in [2.75, 3.05) is 6.54 Å². The number of nitrogens with two attached hydrogens (primary N) is 2. The molecule has 1 heterocycles. The van der Waals surface area contributed by atoms with Crippen LogP contribution in [-0.4, -0.2) is 46.1 Å². The summed E-state index contributed by atoms with van der Waals surface area (Å²) in [5, 5.41) is 10.9. The summed E-state index contributed by atoms with van der Waals surface area (Å²) in [5.74, 6) is 1.16. The zero-order valence-electron chi connectivity index (χ0n) is 14.0. The molecule has 5 N–H and O–H groups in total. The van der Waals surface area contributed by atoms with Gasteiger partial charge in [-0.25, -0.2) is 0 Å². The summed E-state index contributed by atoms with van der Waals surface area (Å²) in [5.41, 5.74) is 11.2. The summed E-state index contributed by atoms with van der Waals surface area (Å²) >= 11 is 0. The van der Waals surface area contributed by atoms with Gasteiger partial charge in [0.05, 0.1) is 11.6 Å². The van der Waals surface area contributed by atoms with Gasteiger partial charge >= 0.3 is 0 Å². The maximum atomic E-state index is 13.2. The predicted octanol–water partition coefficient (Wildman–Crippen LogP) is -0.0228. The van der Waals surface area contributed by atoms with Gasteiger partial charge in [0.25, 0.3) is 0 Å². The molecule has 4 bridgehead atoms. The van der Waals surface area contributed by atoms with Crippen LogP contribution in [-0.2, 0) is 9.59 Å². The van der Waals surface area contributed by atoms with Gasteiger partial charge in [0.1, 0.15) is 6.04 Å². The number of primary amides is 1. The standard InChI is InChI=1S/C18H27N3O3/c19-14(16(23)21-7-11-2-12(11)13(21)15(20)22)17-3-9-1-10(4-17)6-18(24,5-9)8-17/h9-14,24H,1-8,19H2,(H2,20,22). The largest absolute Gasteiger partial charge is 0.390 e. The molecule has 0 radical (unpaired) electrons. The number of carbonyl (C=O) groups excluding carboxylic acids is 2. The van der Waals surface area contributed by atoms with Crippen molar-refractivity contribution in [1.29, 1.82) is 0 Å². The first-order valence-corrected chi connectivity index (χ1v) is 9.38. The van der Waals surface area contributed by atoms with Crippen molar-refractivity contribution in [3.05, 3.63) is 0 Å². The first kappa shape index (κ1) is 15.1. The van der Waals surface area contributed by atoms with Gasteiger partial charge in [-0.1, -0.05) is 0 Å². The molecule has 5 saturated carbocycles. The minimum atomic E-state index is -0.627. The third-order valence-electron chi connectivity index (χ3n) is 7.73. The van der Waals surface area contributed by atoms with Gasteiger partial charge in [0, 0.05) is 6.54 Å². The summed E-state index contributed by atoms with van der Waals surface area (Å²) in [7, 11) is 0. The van der Waals surface area contributed by atoms with Gasteiger partial charge in [-0.15, -0.1) is 0 Å². The molecule has 6 unspecified atom stereocenters. The fourth-order valence-corrected chi connectivity index (χ4v) is 7.15. The molecule has 1 saturated heterocycles. The molecule has 6 fully saturated rings. The minimum absolute atomic E-state index is 0.114. The van der Waals surface area contributed by atoms with E-state index in [-0.39, 0.29) is 17.2 Å². The molecule has 24 heavy (non-hydrogen) atoms. The van der Waals surface area contributed by atoms with E-state index in [4.69, 9.17) is 11.5 Å². The highest BCUT2D eigenvalue weighted by Gasteiger charge is 2.62. The lowest BCUT2D eigenvalue weighted by Gasteiger charge is -2.61. The first-order chi connectivity index (χ1) is 11.3. The van der Waals surface area contributed by atoms with Gasteiger partial charge < -0.3 is 21.5 Å². The van der Waals surface area contributed by atoms with E-state index in [1.807, 2.05) is 0 Å². The van der Waals surface area contributed by atoms with Crippen LogP contribution in [0.2, 0.25) is 0 Å². The molecular formula is C18H27N3O3. The van der Waals surface area contributed by atoms with Crippen molar-refractivity contribution < 1.29 is 14.7 Å². The Kier molecular flexibility index (Phi) is 2.85. The number of hydrogen-bond donors (Lipinski definition) is 3. The number of fused-ring (bicyclic) bond motifs is 1. The number of nitrogens with zero attached hydrogens (tertiary/aromatic N) is 1. The molecule has 6 nitrogen and oxygen atoms in total. The average molecular weight is 333 g/mol. The highest BCUT2D eigenvalue weighted by atomic mass is 16.3. The maximum absolute atomic E-state index is 13.2. The van der Waals surface area contributed by atoms with Crippen molar-refractivity contribution >= 4 is 11.8 Å². The van der Waals surface area contributed by atoms with E-state index in [2.05, 4.69) is 0 Å². The lowest BCUT2D eigenvalue weighted by molar-refractivity contribution is -0.178. The molecule has 6 aliphatic rings. The van der Waals surface area contributed by atoms with Crippen LogP contribution in [0.4, 0.5) is 0 Å². The summed E-state index contributed by atoms with van der Waals surface area (Å²) in [6, 6.07) is -1.08. The fourth-order valence-electron chi connectivity index (χ4n) is 7.15. The van der Waals surface area contributed by atoms with E-state index in [0.717, 1.165) is 32.1 Å². The number of piperidine rings is 1. The Labute approximate surface area is 141 Å². The lowest BCUT2D eigenvalue weighted by Crippen LogP contribution is -2.65. The topological polar surface area (TPSA) is 110 Å². The van der Waals surface area contributed by atoms with Crippen molar-refractivity contribution in [3.8, 4) is 0 Å². The van der Waals surface area contributed by atoms with Crippen molar-refractivity contribution in [1.82, 2.24) is 4.90 Å². The second-order valence-electron chi connectivity index (χ2n) is 9.52. The molecule has 1 aliphatic heterocycles. The highest BCUT2D eigenvalue weighted by molar-refractivity contribution is 5.91. The van der Waals surface area contributed by atoms with Crippen LogP contribution in [0, 0.1) is 29.1 Å². The van der Waals surface area contributed by atoms with Crippen LogP contribution in [0.5, 0.6) is 0 Å². The van der Waals surface area contributed by atoms with Crippen LogP contribution in [0.3, 0.4) is 0 Å². The minimum Gasteiger partial charge on any atom is -0.390 e. The maximum Gasteiger partial charge on any atom is 0.240 e. The Morgan fingerprint density at radius 2 is 1.79 bits per heavy atom. The smallest absolute Gasteiger partial charge is 0.240 e. The van der Waals surface area contributed by atoms with Crippen molar-refractivity contribution in [3.63, 3.8) is 0 Å². The number of aliphatic hydroxyl groups is 1. The SMILES string of the molecule is NC(=O)C1C2CC2CN1C(=O)C(N)C12CC3CC(CC(O)(C3)C1)C2. The van der Waals surface area contributed by atoms with Crippen LogP contribution >= 0.6 is 0 Å². The molecule has 0 aromatic rings. The lowest BCUT2D eigenvalue weighted by atomic mass is 9.46. The van der Waals surface area contributed by atoms with E-state index in [0.29, 0.717) is 30.7 Å². The summed E-state index contributed by atoms with van der Waals surface area (Å²) in [6.07, 6.45) is 6.43. The molecule has 2 amide bonds. The van der Waals surface area contributed by atoms with E-state index in [1.165, 1.54) is 6.42 Å². The third-order valence-corrected chi connectivity index (χ3v) is 7.73. The number of amides is 2.